The van der Waals surface area contributed by atoms with Crippen LogP contribution in [0.1, 0.15) is 32.1 Å². The third-order valence-corrected chi connectivity index (χ3v) is 4.19. The lowest BCUT2D eigenvalue weighted by Crippen LogP contribution is -2.55. The summed E-state index contributed by atoms with van der Waals surface area (Å²) in [4.78, 5) is 14.0. The molecular formula is C17H25NO4. The number of rotatable bonds is 5. The summed E-state index contributed by atoms with van der Waals surface area (Å²) in [6.45, 7) is 0. The number of nitrogens with zero attached hydrogens (tertiary/aromatic N) is 1. The number of carbonyl (C=O) groups is 1. The fraction of sp³-hybridized carbons (Fsp3) is 0.588. The van der Waals surface area contributed by atoms with Crippen LogP contribution in [0.2, 0.25) is 0 Å². The number of hydrogen-bond donors (Lipinski definition) is 1. The standard InChI is InChI=1S/C17H25NO4/c1-18(2)16(19)15(17(20)11-5-4-6-12-17)22-14-9-7-13(21-3)8-10-14/h7-10,15,20H,4-6,11-12H2,1-3H3. The minimum atomic E-state index is -1.10. The lowest BCUT2D eigenvalue weighted by molar-refractivity contribution is -0.154. The molecular weight excluding hydrogens is 282 g/mol. The molecule has 0 bridgehead atoms. The minimum absolute atomic E-state index is 0.208. The van der Waals surface area contributed by atoms with E-state index in [1.165, 1.54) is 4.90 Å². The number of benzene rings is 1. The Labute approximate surface area is 131 Å². The minimum Gasteiger partial charge on any atom is -0.497 e. The molecule has 1 aromatic carbocycles. The highest BCUT2D eigenvalue weighted by Gasteiger charge is 2.44. The summed E-state index contributed by atoms with van der Waals surface area (Å²) in [5.41, 5.74) is -1.10. The van der Waals surface area contributed by atoms with Gasteiger partial charge in [-0.15, -0.1) is 0 Å². The number of methoxy groups -OCH3 is 1. The van der Waals surface area contributed by atoms with Gasteiger partial charge in [0.1, 0.15) is 17.1 Å². The van der Waals surface area contributed by atoms with Crippen molar-refractivity contribution in [3.63, 3.8) is 0 Å². The Morgan fingerprint density at radius 2 is 1.68 bits per heavy atom. The van der Waals surface area contributed by atoms with E-state index in [0.717, 1.165) is 25.0 Å². The largest absolute Gasteiger partial charge is 0.497 e. The maximum atomic E-state index is 12.5. The van der Waals surface area contributed by atoms with Crippen LogP contribution in [-0.4, -0.2) is 48.8 Å². The Balaban J connectivity index is 2.21. The van der Waals surface area contributed by atoms with Gasteiger partial charge in [0.25, 0.3) is 5.91 Å². The monoisotopic (exact) mass is 307 g/mol. The van der Waals surface area contributed by atoms with Gasteiger partial charge in [-0.2, -0.15) is 0 Å². The maximum Gasteiger partial charge on any atom is 0.266 e. The summed E-state index contributed by atoms with van der Waals surface area (Å²) in [7, 11) is 4.96. The summed E-state index contributed by atoms with van der Waals surface area (Å²) < 4.78 is 11.0. The van der Waals surface area contributed by atoms with Gasteiger partial charge in [-0.1, -0.05) is 19.3 Å². The zero-order valence-corrected chi connectivity index (χ0v) is 13.5. The van der Waals surface area contributed by atoms with Gasteiger partial charge in [0, 0.05) is 14.1 Å². The molecule has 0 radical (unpaired) electrons. The van der Waals surface area contributed by atoms with Gasteiger partial charge in [-0.3, -0.25) is 4.79 Å². The molecule has 0 aliphatic heterocycles. The van der Waals surface area contributed by atoms with Crippen LogP contribution in [0.4, 0.5) is 0 Å². The van der Waals surface area contributed by atoms with Gasteiger partial charge in [0.15, 0.2) is 0 Å². The van der Waals surface area contributed by atoms with Crippen LogP contribution >= 0.6 is 0 Å². The average Bonchev–Trinajstić information content (AvgIpc) is 2.53. The quantitative estimate of drug-likeness (QED) is 0.906. The van der Waals surface area contributed by atoms with Crippen LogP contribution in [0.3, 0.4) is 0 Å². The number of hydrogen-bond acceptors (Lipinski definition) is 4. The van der Waals surface area contributed by atoms with Crippen molar-refractivity contribution >= 4 is 5.91 Å². The molecule has 1 atom stereocenters. The molecule has 1 unspecified atom stereocenters. The Hall–Kier alpha value is -1.75. The normalized spacial score (nSPS) is 18.4. The first-order valence-corrected chi connectivity index (χ1v) is 7.70. The first kappa shape index (κ1) is 16.6. The molecule has 0 saturated heterocycles. The van der Waals surface area contributed by atoms with E-state index in [0.29, 0.717) is 18.6 Å². The SMILES string of the molecule is COc1ccc(OC(C(=O)N(C)C)C2(O)CCCCC2)cc1. The molecule has 122 valence electrons. The molecule has 22 heavy (non-hydrogen) atoms. The highest BCUT2D eigenvalue weighted by atomic mass is 16.5. The van der Waals surface area contributed by atoms with Gasteiger partial charge < -0.3 is 19.5 Å². The predicted octanol–water partition coefficient (Wildman–Crippen LogP) is 2.23. The first-order chi connectivity index (χ1) is 10.5. The van der Waals surface area contributed by atoms with Crippen molar-refractivity contribution in [1.29, 1.82) is 0 Å². The highest BCUT2D eigenvalue weighted by molar-refractivity contribution is 5.82. The Morgan fingerprint density at radius 1 is 1.14 bits per heavy atom. The molecule has 2 rings (SSSR count). The number of likely N-dealkylation sites (N-methyl/N-ethyl adjacent to an activating group) is 1. The van der Waals surface area contributed by atoms with E-state index < -0.39 is 11.7 Å². The zero-order valence-electron chi connectivity index (χ0n) is 13.5. The molecule has 1 aliphatic carbocycles. The molecule has 1 amide bonds. The Morgan fingerprint density at radius 3 is 2.18 bits per heavy atom. The summed E-state index contributed by atoms with van der Waals surface area (Å²) in [5.74, 6) is 1.07. The average molecular weight is 307 g/mol. The zero-order chi connectivity index (χ0) is 16.2. The summed E-state index contributed by atoms with van der Waals surface area (Å²) in [5, 5.41) is 10.9. The first-order valence-electron chi connectivity index (χ1n) is 7.70. The van der Waals surface area contributed by atoms with E-state index >= 15 is 0 Å². The second-order valence-corrected chi connectivity index (χ2v) is 6.07. The van der Waals surface area contributed by atoms with Crippen molar-refractivity contribution in [1.82, 2.24) is 4.90 Å². The topological polar surface area (TPSA) is 59.0 Å². The second kappa shape index (κ2) is 7.01. The van der Waals surface area contributed by atoms with Crippen molar-refractivity contribution in [2.45, 2.75) is 43.8 Å². The third kappa shape index (κ3) is 3.71. The number of amides is 1. The summed E-state index contributed by atoms with van der Waals surface area (Å²) in [6.07, 6.45) is 3.23. The molecule has 0 aromatic heterocycles. The van der Waals surface area contributed by atoms with Crippen molar-refractivity contribution in [3.05, 3.63) is 24.3 Å². The number of ether oxygens (including phenoxy) is 2. The Kier molecular flexibility index (Phi) is 5.29. The van der Waals surface area contributed by atoms with E-state index in [9.17, 15) is 9.90 Å². The molecule has 5 nitrogen and oxygen atoms in total. The van der Waals surface area contributed by atoms with Crippen LogP contribution in [-0.2, 0) is 4.79 Å². The van der Waals surface area contributed by atoms with Crippen LogP contribution < -0.4 is 9.47 Å². The van der Waals surface area contributed by atoms with Crippen LogP contribution in [0, 0.1) is 0 Å². The lowest BCUT2D eigenvalue weighted by Gasteiger charge is -2.39. The van der Waals surface area contributed by atoms with Gasteiger partial charge in [-0.05, 0) is 37.1 Å². The molecule has 1 N–H and O–H groups in total. The van der Waals surface area contributed by atoms with E-state index in [2.05, 4.69) is 0 Å². The molecule has 1 aromatic rings. The van der Waals surface area contributed by atoms with Crippen LogP contribution in [0.15, 0.2) is 24.3 Å². The van der Waals surface area contributed by atoms with Crippen molar-refractivity contribution in [3.8, 4) is 11.5 Å². The third-order valence-electron chi connectivity index (χ3n) is 4.19. The maximum absolute atomic E-state index is 12.5. The fourth-order valence-corrected chi connectivity index (χ4v) is 2.84. The van der Waals surface area contributed by atoms with E-state index in [1.807, 2.05) is 0 Å². The molecule has 5 heteroatoms. The van der Waals surface area contributed by atoms with Crippen molar-refractivity contribution in [2.75, 3.05) is 21.2 Å². The lowest BCUT2D eigenvalue weighted by atomic mass is 9.80. The van der Waals surface area contributed by atoms with Crippen molar-refractivity contribution < 1.29 is 19.4 Å². The predicted molar refractivity (Wildman–Crippen MR) is 84.1 cm³/mol. The number of aliphatic hydroxyl groups is 1. The van der Waals surface area contributed by atoms with Crippen LogP contribution in [0.25, 0.3) is 0 Å². The van der Waals surface area contributed by atoms with E-state index in [-0.39, 0.29) is 5.91 Å². The van der Waals surface area contributed by atoms with E-state index in [4.69, 9.17) is 9.47 Å². The summed E-state index contributed by atoms with van der Waals surface area (Å²) >= 11 is 0. The van der Waals surface area contributed by atoms with E-state index in [1.54, 1.807) is 45.5 Å². The van der Waals surface area contributed by atoms with Gasteiger partial charge in [0.2, 0.25) is 6.10 Å². The number of carbonyl (C=O) groups excluding carboxylic acids is 1. The molecule has 1 saturated carbocycles. The smallest absolute Gasteiger partial charge is 0.266 e. The molecule has 0 spiro atoms. The van der Waals surface area contributed by atoms with Gasteiger partial charge >= 0.3 is 0 Å². The van der Waals surface area contributed by atoms with Gasteiger partial charge in [0.05, 0.1) is 7.11 Å². The van der Waals surface area contributed by atoms with Crippen LogP contribution in [0.5, 0.6) is 11.5 Å². The second-order valence-electron chi connectivity index (χ2n) is 6.07. The van der Waals surface area contributed by atoms with Gasteiger partial charge in [-0.25, -0.2) is 0 Å². The Bertz CT molecular complexity index is 492. The molecule has 1 aliphatic rings. The molecule has 1 fully saturated rings. The highest BCUT2D eigenvalue weighted by Crippen LogP contribution is 2.34. The van der Waals surface area contributed by atoms with Crippen molar-refractivity contribution in [2.24, 2.45) is 0 Å². The summed E-state index contributed by atoms with van der Waals surface area (Å²) in [6, 6.07) is 7.05. The molecule has 0 heterocycles. The fourth-order valence-electron chi connectivity index (χ4n) is 2.84.